The van der Waals surface area contributed by atoms with Gasteiger partial charge in [0.2, 0.25) is 0 Å². The lowest BCUT2D eigenvalue weighted by atomic mass is 10.1. The Morgan fingerprint density at radius 3 is 2.27 bits per heavy atom. The molecule has 15 heavy (non-hydrogen) atoms. The van der Waals surface area contributed by atoms with Crippen LogP contribution in [-0.2, 0) is 0 Å². The van der Waals surface area contributed by atoms with Crippen molar-refractivity contribution in [2.24, 2.45) is 0 Å². The van der Waals surface area contributed by atoms with Crippen molar-refractivity contribution in [3.63, 3.8) is 0 Å². The fraction of sp³-hybridized carbons (Fsp3) is 0. The SMILES string of the molecule is Fc1ccc(-c2cnc(Cl)c(Cl)c2)cc1. The molecule has 0 aliphatic heterocycles. The number of nitrogens with zero attached hydrogens (tertiary/aromatic N) is 1. The maximum Gasteiger partial charge on any atom is 0.147 e. The van der Waals surface area contributed by atoms with Gasteiger partial charge in [0.15, 0.2) is 0 Å². The average Bonchev–Trinajstić information content (AvgIpc) is 2.23. The number of aromatic nitrogens is 1. The second-order valence-corrected chi connectivity index (χ2v) is 3.77. The van der Waals surface area contributed by atoms with Gasteiger partial charge >= 0.3 is 0 Å². The first-order chi connectivity index (χ1) is 7.16. The third-order valence-corrected chi connectivity index (χ3v) is 2.66. The normalized spacial score (nSPS) is 10.3. The Hall–Kier alpha value is -1.12. The van der Waals surface area contributed by atoms with Crippen molar-refractivity contribution in [3.8, 4) is 11.1 Å². The van der Waals surface area contributed by atoms with E-state index < -0.39 is 0 Å². The zero-order valence-corrected chi connectivity index (χ0v) is 9.06. The van der Waals surface area contributed by atoms with E-state index in [2.05, 4.69) is 4.98 Å². The molecule has 0 spiro atoms. The Kier molecular flexibility index (Phi) is 2.89. The molecule has 0 amide bonds. The number of rotatable bonds is 1. The minimum absolute atomic E-state index is 0.266. The maximum absolute atomic E-state index is 12.7. The molecule has 4 heteroatoms. The molecule has 2 rings (SSSR count). The number of hydrogen-bond acceptors (Lipinski definition) is 1. The van der Waals surface area contributed by atoms with E-state index in [4.69, 9.17) is 23.2 Å². The van der Waals surface area contributed by atoms with Crippen LogP contribution in [0.5, 0.6) is 0 Å². The van der Waals surface area contributed by atoms with E-state index in [1.807, 2.05) is 0 Å². The summed E-state index contributed by atoms with van der Waals surface area (Å²) < 4.78 is 12.7. The molecule has 0 saturated carbocycles. The predicted molar refractivity (Wildman–Crippen MR) is 59.7 cm³/mol. The summed E-state index contributed by atoms with van der Waals surface area (Å²) in [5.74, 6) is -0.272. The number of pyridine rings is 1. The van der Waals surface area contributed by atoms with Gasteiger partial charge in [-0.2, -0.15) is 0 Å². The van der Waals surface area contributed by atoms with E-state index in [0.717, 1.165) is 11.1 Å². The Bertz CT molecular complexity index is 482. The summed E-state index contributed by atoms with van der Waals surface area (Å²) in [5.41, 5.74) is 1.66. The quantitative estimate of drug-likeness (QED) is 0.683. The molecule has 1 aromatic heterocycles. The summed E-state index contributed by atoms with van der Waals surface area (Å²) in [6.07, 6.45) is 1.60. The van der Waals surface area contributed by atoms with E-state index >= 15 is 0 Å². The Labute approximate surface area is 96.5 Å². The van der Waals surface area contributed by atoms with Crippen molar-refractivity contribution in [1.82, 2.24) is 4.98 Å². The molecule has 0 N–H and O–H groups in total. The zero-order chi connectivity index (χ0) is 10.8. The molecule has 1 nitrogen and oxygen atoms in total. The molecule has 0 atom stereocenters. The molecule has 0 aliphatic rings. The van der Waals surface area contributed by atoms with Gasteiger partial charge in [-0.25, -0.2) is 9.37 Å². The highest BCUT2D eigenvalue weighted by Crippen LogP contribution is 2.26. The Morgan fingerprint density at radius 2 is 1.67 bits per heavy atom. The third-order valence-electron chi connectivity index (χ3n) is 1.97. The highest BCUT2D eigenvalue weighted by Gasteiger charge is 2.03. The van der Waals surface area contributed by atoms with Gasteiger partial charge in [0, 0.05) is 11.8 Å². The minimum atomic E-state index is -0.272. The molecule has 1 aromatic carbocycles. The fourth-order valence-corrected chi connectivity index (χ4v) is 1.49. The first-order valence-electron chi connectivity index (χ1n) is 4.24. The molecule has 0 fully saturated rings. The van der Waals surface area contributed by atoms with Crippen LogP contribution in [0.4, 0.5) is 4.39 Å². The molecule has 0 bridgehead atoms. The summed E-state index contributed by atoms with van der Waals surface area (Å²) in [6.45, 7) is 0. The molecule has 2 aromatic rings. The van der Waals surface area contributed by atoms with E-state index in [0.29, 0.717) is 5.02 Å². The standard InChI is InChI=1S/C11H6Cl2FN/c12-10-5-8(6-15-11(10)13)7-1-3-9(14)4-2-7/h1-6H. The van der Waals surface area contributed by atoms with Gasteiger partial charge in [-0.05, 0) is 23.8 Å². The molecular formula is C11H6Cl2FN. The molecule has 0 radical (unpaired) electrons. The molecule has 0 unspecified atom stereocenters. The van der Waals surface area contributed by atoms with E-state index in [1.165, 1.54) is 12.1 Å². The van der Waals surface area contributed by atoms with Crippen LogP contribution >= 0.6 is 23.2 Å². The van der Waals surface area contributed by atoms with Crippen LogP contribution < -0.4 is 0 Å². The van der Waals surface area contributed by atoms with Gasteiger partial charge in [0.1, 0.15) is 11.0 Å². The summed E-state index contributed by atoms with van der Waals surface area (Å²) in [6, 6.07) is 7.80. The Balaban J connectivity index is 2.45. The van der Waals surface area contributed by atoms with E-state index in [9.17, 15) is 4.39 Å². The topological polar surface area (TPSA) is 12.9 Å². The van der Waals surface area contributed by atoms with Gasteiger partial charge in [-0.3, -0.25) is 0 Å². The van der Waals surface area contributed by atoms with Crippen molar-refractivity contribution in [2.75, 3.05) is 0 Å². The van der Waals surface area contributed by atoms with Crippen LogP contribution in [0.25, 0.3) is 11.1 Å². The first kappa shape index (κ1) is 10.4. The van der Waals surface area contributed by atoms with Crippen molar-refractivity contribution in [3.05, 3.63) is 52.5 Å². The van der Waals surface area contributed by atoms with Gasteiger partial charge in [-0.1, -0.05) is 35.3 Å². The van der Waals surface area contributed by atoms with E-state index in [1.54, 1.807) is 24.4 Å². The van der Waals surface area contributed by atoms with Crippen molar-refractivity contribution in [2.45, 2.75) is 0 Å². The summed E-state index contributed by atoms with van der Waals surface area (Å²) in [4.78, 5) is 3.92. The van der Waals surface area contributed by atoms with Crippen LogP contribution in [0.1, 0.15) is 0 Å². The van der Waals surface area contributed by atoms with Crippen LogP contribution in [0.2, 0.25) is 10.2 Å². The van der Waals surface area contributed by atoms with E-state index in [-0.39, 0.29) is 11.0 Å². The van der Waals surface area contributed by atoms with Crippen LogP contribution in [-0.4, -0.2) is 4.98 Å². The smallest absolute Gasteiger partial charge is 0.147 e. The van der Waals surface area contributed by atoms with Crippen molar-refractivity contribution >= 4 is 23.2 Å². The second kappa shape index (κ2) is 4.17. The lowest BCUT2D eigenvalue weighted by molar-refractivity contribution is 0.628. The number of halogens is 3. The minimum Gasteiger partial charge on any atom is -0.242 e. The molecule has 1 heterocycles. The van der Waals surface area contributed by atoms with Gasteiger partial charge in [0.25, 0.3) is 0 Å². The fourth-order valence-electron chi connectivity index (χ4n) is 1.22. The van der Waals surface area contributed by atoms with Crippen LogP contribution in [0, 0.1) is 5.82 Å². The number of benzene rings is 1. The first-order valence-corrected chi connectivity index (χ1v) is 4.99. The van der Waals surface area contributed by atoms with Crippen molar-refractivity contribution in [1.29, 1.82) is 0 Å². The van der Waals surface area contributed by atoms with Gasteiger partial charge < -0.3 is 0 Å². The van der Waals surface area contributed by atoms with Crippen LogP contribution in [0.15, 0.2) is 36.5 Å². The average molecular weight is 242 g/mol. The molecule has 76 valence electrons. The number of hydrogen-bond donors (Lipinski definition) is 0. The third kappa shape index (κ3) is 2.28. The highest BCUT2D eigenvalue weighted by atomic mass is 35.5. The van der Waals surface area contributed by atoms with Crippen molar-refractivity contribution < 1.29 is 4.39 Å². The molecule has 0 aliphatic carbocycles. The summed E-state index contributed by atoms with van der Waals surface area (Å²) in [5, 5.41) is 0.654. The van der Waals surface area contributed by atoms with Gasteiger partial charge in [-0.15, -0.1) is 0 Å². The predicted octanol–water partition coefficient (Wildman–Crippen LogP) is 4.19. The van der Waals surface area contributed by atoms with Crippen LogP contribution in [0.3, 0.4) is 0 Å². The lowest BCUT2D eigenvalue weighted by Gasteiger charge is -2.02. The summed E-state index contributed by atoms with van der Waals surface area (Å²) in [7, 11) is 0. The zero-order valence-electron chi connectivity index (χ0n) is 7.55. The molecular weight excluding hydrogens is 236 g/mol. The summed E-state index contributed by atoms with van der Waals surface area (Å²) >= 11 is 11.5. The monoisotopic (exact) mass is 241 g/mol. The molecule has 0 saturated heterocycles. The van der Waals surface area contributed by atoms with Gasteiger partial charge in [0.05, 0.1) is 5.02 Å². The Morgan fingerprint density at radius 1 is 1.00 bits per heavy atom. The largest absolute Gasteiger partial charge is 0.242 e. The maximum atomic E-state index is 12.7. The highest BCUT2D eigenvalue weighted by molar-refractivity contribution is 6.41. The lowest BCUT2D eigenvalue weighted by Crippen LogP contribution is -1.82. The second-order valence-electron chi connectivity index (χ2n) is 3.00.